The quantitative estimate of drug-likeness (QED) is 0.783. The highest BCUT2D eigenvalue weighted by Gasteiger charge is 2.43. The van der Waals surface area contributed by atoms with Gasteiger partial charge < -0.3 is 5.32 Å². The van der Waals surface area contributed by atoms with Crippen LogP contribution in [0, 0.1) is 17.3 Å². The van der Waals surface area contributed by atoms with Crippen LogP contribution in [0.25, 0.3) is 0 Å². The van der Waals surface area contributed by atoms with Gasteiger partial charge in [-0.05, 0) is 36.5 Å². The molecule has 106 valence electrons. The van der Waals surface area contributed by atoms with Crippen LogP contribution in [0.15, 0.2) is 0 Å². The van der Waals surface area contributed by atoms with Gasteiger partial charge in [-0.15, -0.1) is 0 Å². The van der Waals surface area contributed by atoms with Crippen molar-refractivity contribution in [2.45, 2.75) is 79.2 Å². The van der Waals surface area contributed by atoms with Gasteiger partial charge in [-0.1, -0.05) is 47.0 Å². The molecule has 0 aromatic carbocycles. The van der Waals surface area contributed by atoms with Gasteiger partial charge in [0.25, 0.3) is 0 Å². The van der Waals surface area contributed by atoms with Gasteiger partial charge in [-0.25, -0.2) is 0 Å². The third-order valence-electron chi connectivity index (χ3n) is 5.42. The second-order valence-electron chi connectivity index (χ2n) is 6.35. The van der Waals surface area contributed by atoms with Crippen LogP contribution in [-0.2, 0) is 4.79 Å². The highest BCUT2D eigenvalue weighted by atomic mass is 16.1. The molecule has 0 bridgehead atoms. The monoisotopic (exact) mass is 253 g/mol. The Hall–Kier alpha value is -0.530. The molecule has 18 heavy (non-hydrogen) atoms. The molecule has 1 N–H and O–H groups in total. The maximum absolute atomic E-state index is 11.3. The van der Waals surface area contributed by atoms with E-state index in [1.165, 1.54) is 32.1 Å². The minimum absolute atomic E-state index is 0.129. The lowest BCUT2D eigenvalue weighted by molar-refractivity contribution is -0.120. The number of carbonyl (C=O) groups excluding carboxylic acids is 1. The number of rotatable bonds is 5. The fraction of sp³-hybridized carbons (Fsp3) is 0.938. The van der Waals surface area contributed by atoms with Crippen molar-refractivity contribution in [1.29, 1.82) is 0 Å². The zero-order valence-electron chi connectivity index (χ0n) is 12.9. The summed E-state index contributed by atoms with van der Waals surface area (Å²) in [4.78, 5) is 11.3. The molecule has 0 saturated heterocycles. The van der Waals surface area contributed by atoms with E-state index in [-0.39, 0.29) is 5.91 Å². The third kappa shape index (κ3) is 3.27. The first-order valence-corrected chi connectivity index (χ1v) is 7.73. The molecule has 1 rings (SSSR count). The fourth-order valence-corrected chi connectivity index (χ4v) is 3.95. The summed E-state index contributed by atoms with van der Waals surface area (Å²) >= 11 is 0. The maximum atomic E-state index is 11.3. The molecule has 1 saturated carbocycles. The minimum Gasteiger partial charge on any atom is -0.354 e. The van der Waals surface area contributed by atoms with Crippen LogP contribution < -0.4 is 5.32 Å². The largest absolute Gasteiger partial charge is 0.354 e. The van der Waals surface area contributed by atoms with E-state index >= 15 is 0 Å². The first-order chi connectivity index (χ1) is 8.46. The number of hydrogen-bond acceptors (Lipinski definition) is 1. The van der Waals surface area contributed by atoms with Crippen molar-refractivity contribution in [3.05, 3.63) is 0 Å². The van der Waals surface area contributed by atoms with Gasteiger partial charge >= 0.3 is 0 Å². The third-order valence-corrected chi connectivity index (χ3v) is 5.42. The van der Waals surface area contributed by atoms with Gasteiger partial charge in [0, 0.05) is 13.0 Å². The Morgan fingerprint density at radius 3 is 2.28 bits per heavy atom. The topological polar surface area (TPSA) is 29.1 Å². The SMILES string of the molecule is CCC(C)C1(C(C)CC)CCCC(NC(C)=O)C1. The summed E-state index contributed by atoms with van der Waals surface area (Å²) in [6.07, 6.45) is 7.44. The lowest BCUT2D eigenvalue weighted by atomic mass is 9.57. The van der Waals surface area contributed by atoms with Gasteiger partial charge in [0.1, 0.15) is 0 Å². The first-order valence-electron chi connectivity index (χ1n) is 7.73. The van der Waals surface area contributed by atoms with E-state index < -0.39 is 0 Å². The van der Waals surface area contributed by atoms with Crippen molar-refractivity contribution in [3.63, 3.8) is 0 Å². The smallest absolute Gasteiger partial charge is 0.217 e. The van der Waals surface area contributed by atoms with Crippen molar-refractivity contribution in [2.24, 2.45) is 17.3 Å². The second kappa shape index (κ2) is 6.58. The Kier molecular flexibility index (Phi) is 5.68. The summed E-state index contributed by atoms with van der Waals surface area (Å²) in [7, 11) is 0. The summed E-state index contributed by atoms with van der Waals surface area (Å²) in [6, 6.07) is 0.402. The Morgan fingerprint density at radius 1 is 1.28 bits per heavy atom. The van der Waals surface area contributed by atoms with Crippen LogP contribution in [0.3, 0.4) is 0 Å². The molecule has 0 aromatic rings. The zero-order chi connectivity index (χ0) is 13.8. The Labute approximate surface area is 113 Å². The van der Waals surface area contributed by atoms with E-state index in [0.29, 0.717) is 11.5 Å². The summed E-state index contributed by atoms with van der Waals surface area (Å²) < 4.78 is 0. The van der Waals surface area contributed by atoms with Crippen LogP contribution in [0.5, 0.6) is 0 Å². The molecule has 3 atom stereocenters. The highest BCUT2D eigenvalue weighted by Crippen LogP contribution is 2.50. The Bertz CT molecular complexity index is 264. The molecule has 0 heterocycles. The number of hydrogen-bond donors (Lipinski definition) is 1. The molecule has 1 aliphatic carbocycles. The van der Waals surface area contributed by atoms with Gasteiger partial charge in [0.2, 0.25) is 5.91 Å². The molecular formula is C16H31NO. The van der Waals surface area contributed by atoms with E-state index in [2.05, 4.69) is 33.0 Å². The molecule has 0 radical (unpaired) electrons. The molecular weight excluding hydrogens is 222 g/mol. The molecule has 1 amide bonds. The lowest BCUT2D eigenvalue weighted by Gasteiger charge is -2.49. The van der Waals surface area contributed by atoms with Gasteiger partial charge in [-0.2, -0.15) is 0 Å². The second-order valence-corrected chi connectivity index (χ2v) is 6.35. The van der Waals surface area contributed by atoms with E-state index in [1.54, 1.807) is 6.92 Å². The number of nitrogens with one attached hydrogen (secondary N) is 1. The molecule has 1 aliphatic rings. The predicted octanol–water partition coefficient (Wildman–Crippen LogP) is 4.14. The van der Waals surface area contributed by atoms with Crippen LogP contribution in [0.2, 0.25) is 0 Å². The summed E-state index contributed by atoms with van der Waals surface area (Å²) in [6.45, 7) is 11.1. The fourth-order valence-electron chi connectivity index (χ4n) is 3.95. The van der Waals surface area contributed by atoms with Crippen LogP contribution in [-0.4, -0.2) is 11.9 Å². The van der Waals surface area contributed by atoms with E-state index in [4.69, 9.17) is 0 Å². The predicted molar refractivity (Wildman–Crippen MR) is 77.4 cm³/mol. The van der Waals surface area contributed by atoms with Crippen molar-refractivity contribution in [2.75, 3.05) is 0 Å². The number of amides is 1. The Balaban J connectivity index is 2.85. The van der Waals surface area contributed by atoms with E-state index in [0.717, 1.165) is 18.3 Å². The molecule has 0 aromatic heterocycles. The van der Waals surface area contributed by atoms with Crippen LogP contribution >= 0.6 is 0 Å². The molecule has 2 nitrogen and oxygen atoms in total. The summed E-state index contributed by atoms with van der Waals surface area (Å²) in [5.74, 6) is 1.64. The molecule has 3 unspecified atom stereocenters. The van der Waals surface area contributed by atoms with Gasteiger partial charge in [-0.3, -0.25) is 4.79 Å². The maximum Gasteiger partial charge on any atom is 0.217 e. The van der Waals surface area contributed by atoms with E-state index in [9.17, 15) is 4.79 Å². The average Bonchev–Trinajstić information content (AvgIpc) is 2.36. The minimum atomic E-state index is 0.129. The average molecular weight is 253 g/mol. The van der Waals surface area contributed by atoms with Crippen molar-refractivity contribution >= 4 is 5.91 Å². The zero-order valence-corrected chi connectivity index (χ0v) is 12.9. The lowest BCUT2D eigenvalue weighted by Crippen LogP contribution is -2.47. The Morgan fingerprint density at radius 2 is 1.83 bits per heavy atom. The number of carbonyl (C=O) groups is 1. The molecule has 2 heteroatoms. The highest BCUT2D eigenvalue weighted by molar-refractivity contribution is 5.73. The van der Waals surface area contributed by atoms with E-state index in [1.807, 2.05) is 0 Å². The van der Waals surface area contributed by atoms with Crippen molar-refractivity contribution in [1.82, 2.24) is 5.32 Å². The normalized spacial score (nSPS) is 31.7. The van der Waals surface area contributed by atoms with Crippen LogP contribution in [0.1, 0.15) is 73.1 Å². The van der Waals surface area contributed by atoms with Crippen molar-refractivity contribution in [3.8, 4) is 0 Å². The molecule has 1 fully saturated rings. The molecule has 0 aliphatic heterocycles. The summed E-state index contributed by atoms with van der Waals surface area (Å²) in [5, 5.41) is 3.16. The van der Waals surface area contributed by atoms with Crippen LogP contribution in [0.4, 0.5) is 0 Å². The van der Waals surface area contributed by atoms with Crippen molar-refractivity contribution < 1.29 is 4.79 Å². The van der Waals surface area contributed by atoms with Gasteiger partial charge in [0.05, 0.1) is 0 Å². The molecule has 0 spiro atoms. The first kappa shape index (κ1) is 15.5. The standard InChI is InChI=1S/C16H31NO/c1-6-12(3)16(13(4)7-2)10-8-9-15(11-16)17-14(5)18/h12-13,15H,6-11H2,1-5H3,(H,17,18). The van der Waals surface area contributed by atoms with Gasteiger partial charge in [0.15, 0.2) is 0 Å². The summed E-state index contributed by atoms with van der Waals surface area (Å²) in [5.41, 5.74) is 0.439.